The third-order valence-corrected chi connectivity index (χ3v) is 10.8. The summed E-state index contributed by atoms with van der Waals surface area (Å²) < 4.78 is 24.3. The van der Waals surface area contributed by atoms with Crippen molar-refractivity contribution in [3.05, 3.63) is 35.8 Å². The molecule has 1 aromatic heterocycles. The molecular weight excluding hydrogens is 488 g/mol. The average Bonchev–Trinajstić information content (AvgIpc) is 3.54. The lowest BCUT2D eigenvalue weighted by molar-refractivity contribution is -0.221. The van der Waals surface area contributed by atoms with E-state index < -0.39 is 58.0 Å². The minimum absolute atomic E-state index is 0.0542. The van der Waals surface area contributed by atoms with E-state index in [1.54, 1.807) is 12.5 Å². The van der Waals surface area contributed by atoms with Gasteiger partial charge in [0.2, 0.25) is 0 Å². The van der Waals surface area contributed by atoms with Crippen LogP contribution in [0.15, 0.2) is 34.7 Å². The lowest BCUT2D eigenvalue weighted by Crippen LogP contribution is -2.71. The number of ether oxygens (including phenoxy) is 3. The van der Waals surface area contributed by atoms with Crippen molar-refractivity contribution in [1.82, 2.24) is 0 Å². The Morgan fingerprint density at radius 3 is 2.37 bits per heavy atom. The van der Waals surface area contributed by atoms with E-state index >= 15 is 0 Å². The van der Waals surface area contributed by atoms with E-state index in [-0.39, 0.29) is 42.7 Å². The number of fused-ring (bicyclic) bond motifs is 3. The number of carbonyl (C=O) groups excluding carboxylic acids is 4. The molecule has 1 aliphatic heterocycles. The predicted octanol–water partition coefficient (Wildman–Crippen LogP) is 4.31. The van der Waals surface area contributed by atoms with Crippen molar-refractivity contribution in [3.63, 3.8) is 0 Å². The highest BCUT2D eigenvalue weighted by molar-refractivity contribution is 5.93. The number of hydrogen-bond acceptors (Lipinski definition) is 8. The zero-order chi connectivity index (χ0) is 27.4. The van der Waals surface area contributed by atoms with Crippen LogP contribution < -0.4 is 0 Å². The van der Waals surface area contributed by atoms with Gasteiger partial charge in [-0.3, -0.25) is 19.2 Å². The molecule has 0 radical (unpaired) electrons. The standard InChI is InChI=1S/C30H36O8/c1-15(31)36-24-25-29(6,22(34)12-21-27(3,4)38-23-11-18(33)13-30(21,23)25)20-8-7-19(17-9-10-35-14-17)28(20,5)26(24)37-16(2)32/h8-10,14,19,21,23-26H,7,11-13H2,1-6H3/t19-,21-,23-,24+,25-,26-,28-,29+,30+/m0/s1. The molecule has 0 unspecified atom stereocenters. The number of Topliss-reactive ketones (excluding diaryl/α,β-unsaturated/α-hetero) is 2. The second kappa shape index (κ2) is 7.90. The van der Waals surface area contributed by atoms with Gasteiger partial charge in [-0.15, -0.1) is 0 Å². The first kappa shape index (κ1) is 25.5. The number of rotatable bonds is 3. The van der Waals surface area contributed by atoms with Gasteiger partial charge in [0.1, 0.15) is 23.8 Å². The minimum atomic E-state index is -1.03. The smallest absolute Gasteiger partial charge is 0.303 e. The fourth-order valence-electron chi connectivity index (χ4n) is 9.72. The normalized spacial score (nSPS) is 44.5. The van der Waals surface area contributed by atoms with E-state index in [0.717, 1.165) is 11.1 Å². The maximum atomic E-state index is 14.4. The van der Waals surface area contributed by atoms with Gasteiger partial charge in [-0.2, -0.15) is 0 Å². The van der Waals surface area contributed by atoms with Crippen LogP contribution >= 0.6 is 0 Å². The Hall–Kier alpha value is -2.74. The number of hydrogen-bond donors (Lipinski definition) is 0. The van der Waals surface area contributed by atoms with Crippen molar-refractivity contribution in [3.8, 4) is 0 Å². The van der Waals surface area contributed by atoms with Crippen LogP contribution in [0.1, 0.15) is 78.7 Å². The van der Waals surface area contributed by atoms with Gasteiger partial charge in [-0.05, 0) is 38.8 Å². The monoisotopic (exact) mass is 524 g/mol. The van der Waals surface area contributed by atoms with Crippen LogP contribution in [0.4, 0.5) is 0 Å². The molecule has 2 heterocycles. The van der Waals surface area contributed by atoms with Gasteiger partial charge >= 0.3 is 11.9 Å². The second-order valence-electron chi connectivity index (χ2n) is 13.0. The van der Waals surface area contributed by atoms with Gasteiger partial charge in [0.05, 0.1) is 29.6 Å². The summed E-state index contributed by atoms with van der Waals surface area (Å²) in [6, 6.07) is 1.89. The number of ketones is 2. The van der Waals surface area contributed by atoms with Crippen molar-refractivity contribution in [1.29, 1.82) is 0 Å². The third kappa shape index (κ3) is 3.01. The molecule has 0 N–H and O–H groups in total. The molecule has 1 spiro atoms. The largest absolute Gasteiger partial charge is 0.472 e. The molecule has 8 nitrogen and oxygen atoms in total. The molecule has 0 bridgehead atoms. The van der Waals surface area contributed by atoms with Crippen LogP contribution in [-0.2, 0) is 33.4 Å². The SMILES string of the molecule is CC(=O)O[C@H]1[C@H](OC(C)=O)[C@]2(C)C(=CC[C@H]2c2ccoc2)[C@]2(C)C(=O)C[C@H]3C(C)(C)O[C@H]4CC(=O)C[C@]43[C@@H]12. The molecule has 204 valence electrons. The van der Waals surface area contributed by atoms with Gasteiger partial charge in [0, 0.05) is 61.7 Å². The van der Waals surface area contributed by atoms with Crippen molar-refractivity contribution >= 4 is 23.5 Å². The summed E-state index contributed by atoms with van der Waals surface area (Å²) >= 11 is 0. The Morgan fingerprint density at radius 1 is 1.03 bits per heavy atom. The maximum absolute atomic E-state index is 14.4. The summed E-state index contributed by atoms with van der Waals surface area (Å²) in [6.07, 6.45) is 4.61. The molecule has 3 saturated carbocycles. The summed E-state index contributed by atoms with van der Waals surface area (Å²) in [5.74, 6) is -1.85. The molecule has 6 rings (SSSR count). The molecule has 9 atom stereocenters. The molecule has 4 aliphatic carbocycles. The van der Waals surface area contributed by atoms with E-state index in [9.17, 15) is 19.2 Å². The molecular formula is C30H36O8. The van der Waals surface area contributed by atoms with Crippen LogP contribution in [0.25, 0.3) is 0 Å². The molecule has 1 aromatic rings. The van der Waals surface area contributed by atoms with Gasteiger partial charge in [-0.1, -0.05) is 18.6 Å². The van der Waals surface area contributed by atoms with Gasteiger partial charge in [0.25, 0.3) is 0 Å². The number of furan rings is 1. The van der Waals surface area contributed by atoms with Crippen LogP contribution in [0, 0.1) is 28.1 Å². The van der Waals surface area contributed by atoms with Gasteiger partial charge in [-0.25, -0.2) is 0 Å². The fourth-order valence-corrected chi connectivity index (χ4v) is 9.72. The summed E-state index contributed by atoms with van der Waals surface area (Å²) in [6.45, 7) is 10.6. The van der Waals surface area contributed by atoms with E-state index in [2.05, 4.69) is 6.08 Å². The Labute approximate surface area is 222 Å². The minimum Gasteiger partial charge on any atom is -0.472 e. The molecule has 4 fully saturated rings. The second-order valence-corrected chi connectivity index (χ2v) is 13.0. The van der Waals surface area contributed by atoms with Crippen LogP contribution in [0.2, 0.25) is 0 Å². The first-order chi connectivity index (χ1) is 17.8. The Balaban J connectivity index is 1.63. The van der Waals surface area contributed by atoms with E-state index in [1.165, 1.54) is 13.8 Å². The van der Waals surface area contributed by atoms with E-state index in [0.29, 0.717) is 6.42 Å². The van der Waals surface area contributed by atoms with Crippen LogP contribution in [-0.4, -0.2) is 47.4 Å². The number of carbonyl (C=O) groups is 4. The molecule has 8 heteroatoms. The molecule has 38 heavy (non-hydrogen) atoms. The highest BCUT2D eigenvalue weighted by Crippen LogP contribution is 2.75. The van der Waals surface area contributed by atoms with E-state index in [1.807, 2.05) is 33.8 Å². The average molecular weight is 525 g/mol. The lowest BCUT2D eigenvalue weighted by Gasteiger charge is -2.64. The highest BCUT2D eigenvalue weighted by Gasteiger charge is 2.80. The van der Waals surface area contributed by atoms with Crippen LogP contribution in [0.3, 0.4) is 0 Å². The highest BCUT2D eigenvalue weighted by atomic mass is 16.6. The Bertz CT molecular complexity index is 1260. The molecule has 0 aromatic carbocycles. The first-order valence-corrected chi connectivity index (χ1v) is 13.6. The van der Waals surface area contributed by atoms with Crippen molar-refractivity contribution in [2.75, 3.05) is 0 Å². The third-order valence-electron chi connectivity index (χ3n) is 10.8. The van der Waals surface area contributed by atoms with Crippen LogP contribution in [0.5, 0.6) is 0 Å². The topological polar surface area (TPSA) is 109 Å². The van der Waals surface area contributed by atoms with Gasteiger partial charge < -0.3 is 18.6 Å². The number of allylic oxidation sites excluding steroid dienone is 1. The molecule has 0 amide bonds. The summed E-state index contributed by atoms with van der Waals surface area (Å²) in [5.41, 5.74) is -1.41. The Kier molecular flexibility index (Phi) is 5.31. The van der Waals surface area contributed by atoms with Crippen molar-refractivity contribution in [2.45, 2.75) is 97.1 Å². The fraction of sp³-hybridized carbons (Fsp3) is 0.667. The summed E-state index contributed by atoms with van der Waals surface area (Å²) in [4.78, 5) is 52.9. The maximum Gasteiger partial charge on any atom is 0.303 e. The zero-order valence-electron chi connectivity index (χ0n) is 22.9. The summed E-state index contributed by atoms with van der Waals surface area (Å²) in [5, 5.41) is 0. The predicted molar refractivity (Wildman–Crippen MR) is 134 cm³/mol. The zero-order valence-corrected chi connectivity index (χ0v) is 22.9. The quantitative estimate of drug-likeness (QED) is 0.425. The number of esters is 2. The lowest BCUT2D eigenvalue weighted by atomic mass is 9.39. The molecule has 1 saturated heterocycles. The van der Waals surface area contributed by atoms with Crippen molar-refractivity contribution < 1.29 is 37.8 Å². The first-order valence-electron chi connectivity index (χ1n) is 13.6. The Morgan fingerprint density at radius 2 is 1.74 bits per heavy atom. The van der Waals surface area contributed by atoms with Gasteiger partial charge in [0.15, 0.2) is 0 Å². The summed E-state index contributed by atoms with van der Waals surface area (Å²) in [7, 11) is 0. The van der Waals surface area contributed by atoms with E-state index in [4.69, 9.17) is 18.6 Å². The van der Waals surface area contributed by atoms with Crippen molar-refractivity contribution in [2.24, 2.45) is 28.1 Å². The molecule has 5 aliphatic rings.